The van der Waals surface area contributed by atoms with Crippen molar-refractivity contribution in [2.24, 2.45) is 0 Å². The molecule has 1 rings (SSSR count). The zero-order valence-corrected chi connectivity index (χ0v) is 13.6. The molecule has 5 nitrogen and oxygen atoms in total. The maximum Gasteiger partial charge on any atom is 0.326 e. The number of carbonyl (C=O) groups excluding carboxylic acids is 1. The highest BCUT2D eigenvalue weighted by molar-refractivity contribution is 5.97. The molecule has 0 aliphatic carbocycles. The summed E-state index contributed by atoms with van der Waals surface area (Å²) < 4.78 is 2.08. The van der Waals surface area contributed by atoms with Gasteiger partial charge in [0.05, 0.1) is 5.56 Å². The van der Waals surface area contributed by atoms with Gasteiger partial charge in [0.2, 0.25) is 0 Å². The molecule has 0 spiro atoms. The summed E-state index contributed by atoms with van der Waals surface area (Å²) in [6.45, 7) is 9.96. The molecule has 0 aliphatic heterocycles. The number of nitrogens with one attached hydrogen (secondary N) is 1. The first-order valence-corrected chi connectivity index (χ1v) is 7.51. The molecule has 0 radical (unpaired) electrons. The molecule has 1 amide bonds. The molecule has 2 N–H and O–H groups in total. The van der Waals surface area contributed by atoms with E-state index < -0.39 is 12.0 Å². The van der Waals surface area contributed by atoms with Gasteiger partial charge in [0.1, 0.15) is 6.04 Å². The van der Waals surface area contributed by atoms with Gasteiger partial charge in [0.15, 0.2) is 0 Å². The van der Waals surface area contributed by atoms with E-state index in [2.05, 4.69) is 23.7 Å². The van der Waals surface area contributed by atoms with E-state index in [4.69, 9.17) is 0 Å². The summed E-state index contributed by atoms with van der Waals surface area (Å²) in [5, 5.41) is 11.8. The average Bonchev–Trinajstić information content (AvgIpc) is 2.69. The predicted molar refractivity (Wildman–Crippen MR) is 82.7 cm³/mol. The molecule has 21 heavy (non-hydrogen) atoms. The number of carboxylic acid groups (broad SMARTS) is 1. The molecule has 0 aromatic carbocycles. The van der Waals surface area contributed by atoms with Crippen molar-refractivity contribution in [1.29, 1.82) is 0 Å². The van der Waals surface area contributed by atoms with Crippen LogP contribution < -0.4 is 5.32 Å². The minimum Gasteiger partial charge on any atom is -0.480 e. The van der Waals surface area contributed by atoms with E-state index in [9.17, 15) is 14.7 Å². The van der Waals surface area contributed by atoms with Crippen LogP contribution in [0.5, 0.6) is 0 Å². The topological polar surface area (TPSA) is 71.3 Å². The van der Waals surface area contributed by atoms with Gasteiger partial charge in [-0.25, -0.2) is 4.79 Å². The predicted octanol–water partition coefficient (Wildman–Crippen LogP) is 3.06. The highest BCUT2D eigenvalue weighted by atomic mass is 16.4. The van der Waals surface area contributed by atoms with Crippen molar-refractivity contribution in [1.82, 2.24) is 9.88 Å². The molecular formula is C16H26N2O3. The van der Waals surface area contributed by atoms with Gasteiger partial charge in [-0.3, -0.25) is 4.79 Å². The number of hydrogen-bond donors (Lipinski definition) is 2. The number of unbranched alkanes of at least 4 members (excludes halogenated alkanes) is 1. The van der Waals surface area contributed by atoms with Gasteiger partial charge in [0, 0.05) is 17.4 Å². The van der Waals surface area contributed by atoms with Gasteiger partial charge < -0.3 is 15.0 Å². The summed E-state index contributed by atoms with van der Waals surface area (Å²) in [7, 11) is 0. The zero-order chi connectivity index (χ0) is 16.2. The lowest BCUT2D eigenvalue weighted by Gasteiger charge is -2.15. The number of aromatic nitrogens is 1. The summed E-state index contributed by atoms with van der Waals surface area (Å²) in [6, 6.07) is 1.27. The molecule has 118 valence electrons. The van der Waals surface area contributed by atoms with Crippen molar-refractivity contribution in [2.45, 2.75) is 66.0 Å². The Hall–Kier alpha value is -1.78. The van der Waals surface area contributed by atoms with Crippen LogP contribution in [0.3, 0.4) is 0 Å². The highest BCUT2D eigenvalue weighted by Crippen LogP contribution is 2.20. The fraction of sp³-hybridized carbons (Fsp3) is 0.625. The fourth-order valence-corrected chi connectivity index (χ4v) is 2.70. The van der Waals surface area contributed by atoms with Crippen molar-refractivity contribution in [3.63, 3.8) is 0 Å². The lowest BCUT2D eigenvalue weighted by atomic mass is 10.1. The number of aryl methyl sites for hydroxylation is 1. The van der Waals surface area contributed by atoms with Crippen LogP contribution in [0.1, 0.15) is 67.8 Å². The van der Waals surface area contributed by atoms with Crippen LogP contribution in [0.2, 0.25) is 0 Å². The number of aliphatic carboxylic acids is 1. The van der Waals surface area contributed by atoms with Crippen LogP contribution >= 0.6 is 0 Å². The van der Waals surface area contributed by atoms with E-state index in [0.29, 0.717) is 12.0 Å². The Morgan fingerprint density at radius 2 is 1.95 bits per heavy atom. The first kappa shape index (κ1) is 17.3. The first-order chi connectivity index (χ1) is 9.79. The third kappa shape index (κ3) is 4.09. The lowest BCUT2D eigenvalue weighted by molar-refractivity contribution is -0.139. The molecule has 0 aliphatic rings. The Labute approximate surface area is 126 Å². The summed E-state index contributed by atoms with van der Waals surface area (Å²) in [5.74, 6) is -1.28. The Morgan fingerprint density at radius 1 is 1.33 bits per heavy atom. The molecule has 0 fully saturated rings. The molecule has 0 saturated heterocycles. The van der Waals surface area contributed by atoms with Crippen LogP contribution in [-0.2, 0) is 4.79 Å². The van der Waals surface area contributed by atoms with Crippen LogP contribution in [0.4, 0.5) is 0 Å². The SMILES string of the molecule is CCCC[C@H](NC(=O)c1cc(C)n(C(C)C)c1C)C(=O)O. The molecule has 5 heteroatoms. The molecule has 0 saturated carbocycles. The summed E-state index contributed by atoms with van der Waals surface area (Å²) in [6.07, 6.45) is 2.14. The molecular weight excluding hydrogens is 268 g/mol. The Morgan fingerprint density at radius 3 is 2.38 bits per heavy atom. The van der Waals surface area contributed by atoms with Crippen molar-refractivity contribution in [3.8, 4) is 0 Å². The number of nitrogens with zero attached hydrogens (tertiary/aromatic N) is 1. The number of amides is 1. The number of carbonyl (C=O) groups is 2. The van der Waals surface area contributed by atoms with Gasteiger partial charge in [0.25, 0.3) is 5.91 Å². The summed E-state index contributed by atoms with van der Waals surface area (Å²) in [5.41, 5.74) is 2.44. The van der Waals surface area contributed by atoms with Crippen LogP contribution in [0, 0.1) is 13.8 Å². The standard InChI is InChI=1S/C16H26N2O3/c1-6-7-8-14(16(20)21)17-15(19)13-9-11(4)18(10(2)3)12(13)5/h9-10,14H,6-8H2,1-5H3,(H,17,19)(H,20,21)/t14-/m0/s1. The normalized spacial score (nSPS) is 12.5. The summed E-state index contributed by atoms with van der Waals surface area (Å²) >= 11 is 0. The lowest BCUT2D eigenvalue weighted by Crippen LogP contribution is -2.40. The minimum absolute atomic E-state index is 0.266. The zero-order valence-electron chi connectivity index (χ0n) is 13.6. The highest BCUT2D eigenvalue weighted by Gasteiger charge is 2.23. The maximum absolute atomic E-state index is 12.3. The Bertz CT molecular complexity index is 518. The monoisotopic (exact) mass is 294 g/mol. The largest absolute Gasteiger partial charge is 0.480 e. The van der Waals surface area contributed by atoms with Gasteiger partial charge in [-0.15, -0.1) is 0 Å². The minimum atomic E-state index is -0.977. The average molecular weight is 294 g/mol. The molecule has 1 atom stereocenters. The van der Waals surface area contributed by atoms with Crippen LogP contribution in [0.25, 0.3) is 0 Å². The Balaban J connectivity index is 2.93. The van der Waals surface area contributed by atoms with Gasteiger partial charge >= 0.3 is 5.97 Å². The first-order valence-electron chi connectivity index (χ1n) is 7.51. The van der Waals surface area contributed by atoms with Gasteiger partial charge in [-0.1, -0.05) is 19.8 Å². The molecule has 0 bridgehead atoms. The van der Waals surface area contributed by atoms with Gasteiger partial charge in [-0.2, -0.15) is 0 Å². The van der Waals surface area contributed by atoms with Crippen molar-refractivity contribution >= 4 is 11.9 Å². The second kappa shape index (κ2) is 7.29. The smallest absolute Gasteiger partial charge is 0.326 e. The second-order valence-corrected chi connectivity index (χ2v) is 5.76. The molecule has 1 aromatic rings. The van der Waals surface area contributed by atoms with Crippen molar-refractivity contribution in [2.75, 3.05) is 0 Å². The van der Waals surface area contributed by atoms with E-state index in [0.717, 1.165) is 24.2 Å². The molecule has 1 heterocycles. The third-order valence-electron chi connectivity index (χ3n) is 3.70. The summed E-state index contributed by atoms with van der Waals surface area (Å²) in [4.78, 5) is 23.6. The van der Waals surface area contributed by atoms with Crippen LogP contribution in [0.15, 0.2) is 6.07 Å². The van der Waals surface area contributed by atoms with E-state index in [1.165, 1.54) is 0 Å². The van der Waals surface area contributed by atoms with E-state index in [-0.39, 0.29) is 11.9 Å². The van der Waals surface area contributed by atoms with Crippen LogP contribution in [-0.4, -0.2) is 27.6 Å². The number of carboxylic acids is 1. The molecule has 1 aromatic heterocycles. The fourth-order valence-electron chi connectivity index (χ4n) is 2.70. The second-order valence-electron chi connectivity index (χ2n) is 5.76. The molecule has 0 unspecified atom stereocenters. The number of rotatable bonds is 7. The van der Waals surface area contributed by atoms with E-state index in [1.807, 2.05) is 26.8 Å². The van der Waals surface area contributed by atoms with Crippen molar-refractivity contribution < 1.29 is 14.7 Å². The van der Waals surface area contributed by atoms with Gasteiger partial charge in [-0.05, 0) is 40.2 Å². The van der Waals surface area contributed by atoms with Crippen molar-refractivity contribution in [3.05, 3.63) is 23.0 Å². The maximum atomic E-state index is 12.3. The van der Waals surface area contributed by atoms with E-state index >= 15 is 0 Å². The van der Waals surface area contributed by atoms with E-state index in [1.54, 1.807) is 0 Å². The quantitative estimate of drug-likeness (QED) is 0.812. The Kier molecular flexibility index (Phi) is 6.00. The third-order valence-corrected chi connectivity index (χ3v) is 3.70. The number of hydrogen-bond acceptors (Lipinski definition) is 2.